The molecular weight excluding hydrogens is 653 g/mol. The Kier molecular flexibility index (Phi) is 8.99. The van der Waals surface area contributed by atoms with E-state index in [9.17, 15) is 0 Å². The molecule has 54 heavy (non-hydrogen) atoms. The summed E-state index contributed by atoms with van der Waals surface area (Å²) < 4.78 is 0. The fourth-order valence-electron chi connectivity index (χ4n) is 7.07. The smallest absolute Gasteiger partial charge is 0.160 e. The average molecular weight is 689 g/mol. The molecule has 1 aromatic heterocycles. The van der Waals surface area contributed by atoms with Crippen molar-refractivity contribution in [2.45, 2.75) is 0 Å². The third kappa shape index (κ3) is 7.01. The molecule has 8 aromatic carbocycles. The predicted octanol–water partition coefficient (Wildman–Crippen LogP) is 13.8. The largest absolute Gasteiger partial charge is 0.228 e. The van der Waals surface area contributed by atoms with Crippen molar-refractivity contribution in [2.24, 2.45) is 0 Å². The van der Waals surface area contributed by atoms with Crippen molar-refractivity contribution in [3.63, 3.8) is 0 Å². The molecule has 254 valence electrons. The lowest BCUT2D eigenvalue weighted by Gasteiger charge is -2.14. The first-order valence-corrected chi connectivity index (χ1v) is 18.3. The number of rotatable bonds is 8. The van der Waals surface area contributed by atoms with Gasteiger partial charge in [-0.05, 0) is 98.1 Å². The molecule has 0 aliphatic rings. The second kappa shape index (κ2) is 14.8. The minimum atomic E-state index is 0.694. The summed E-state index contributed by atoms with van der Waals surface area (Å²) in [6.07, 6.45) is 0. The van der Waals surface area contributed by atoms with E-state index in [1.165, 1.54) is 33.4 Å². The summed E-state index contributed by atoms with van der Waals surface area (Å²) in [5.41, 5.74) is 16.5. The van der Waals surface area contributed by atoms with Gasteiger partial charge in [-0.1, -0.05) is 176 Å². The molecule has 2 nitrogen and oxygen atoms in total. The maximum Gasteiger partial charge on any atom is 0.160 e. The third-order valence-corrected chi connectivity index (χ3v) is 9.86. The van der Waals surface area contributed by atoms with Crippen molar-refractivity contribution in [1.82, 2.24) is 9.97 Å². The van der Waals surface area contributed by atoms with Crippen LogP contribution in [0.3, 0.4) is 0 Å². The van der Waals surface area contributed by atoms with Crippen LogP contribution in [-0.2, 0) is 0 Å². The van der Waals surface area contributed by atoms with Gasteiger partial charge in [-0.15, -0.1) is 0 Å². The molecule has 0 unspecified atom stereocenters. The van der Waals surface area contributed by atoms with Gasteiger partial charge in [0.15, 0.2) is 5.82 Å². The van der Waals surface area contributed by atoms with Crippen LogP contribution in [0.1, 0.15) is 0 Å². The highest BCUT2D eigenvalue weighted by molar-refractivity contribution is 5.85. The Labute approximate surface area is 316 Å². The highest BCUT2D eigenvalue weighted by Gasteiger charge is 2.14. The molecule has 9 aromatic rings. The molecule has 0 fully saturated rings. The summed E-state index contributed by atoms with van der Waals surface area (Å²) in [4.78, 5) is 10.3. The Morgan fingerprint density at radius 2 is 0.444 bits per heavy atom. The van der Waals surface area contributed by atoms with Gasteiger partial charge in [0, 0.05) is 16.7 Å². The number of benzene rings is 8. The van der Waals surface area contributed by atoms with E-state index >= 15 is 0 Å². The zero-order valence-electron chi connectivity index (χ0n) is 29.7. The lowest BCUT2D eigenvalue weighted by molar-refractivity contribution is 1.18. The molecule has 9 rings (SSSR count). The van der Waals surface area contributed by atoms with Crippen LogP contribution in [0.5, 0.6) is 0 Å². The van der Waals surface area contributed by atoms with Crippen LogP contribution in [0, 0.1) is 0 Å². The third-order valence-electron chi connectivity index (χ3n) is 9.86. The summed E-state index contributed by atoms with van der Waals surface area (Å²) in [7, 11) is 0. The Balaban J connectivity index is 1.19. The summed E-state index contributed by atoms with van der Waals surface area (Å²) >= 11 is 0. The lowest BCUT2D eigenvalue weighted by Crippen LogP contribution is -1.96. The number of hydrogen-bond donors (Lipinski definition) is 0. The van der Waals surface area contributed by atoms with Crippen LogP contribution in [0.2, 0.25) is 0 Å². The molecule has 0 aliphatic heterocycles. The van der Waals surface area contributed by atoms with Gasteiger partial charge in [0.1, 0.15) is 0 Å². The van der Waals surface area contributed by atoms with Crippen molar-refractivity contribution in [3.8, 4) is 89.5 Å². The topological polar surface area (TPSA) is 25.8 Å². The molecule has 0 atom stereocenters. The Bertz CT molecular complexity index is 2530. The highest BCUT2D eigenvalue weighted by Crippen LogP contribution is 2.37. The lowest BCUT2D eigenvalue weighted by atomic mass is 9.91. The fraction of sp³-hybridized carbons (Fsp3) is 0. The van der Waals surface area contributed by atoms with Gasteiger partial charge in [0.05, 0.1) is 11.4 Å². The standard InChI is InChI=1S/C52H36N2/c1-5-16-37(17-6-1)41-24-13-26-43(30-41)47-33-48(44-27-14-25-42(31-44)38-18-7-2-8-19-38)35-49(34-47)45-28-15-29-46(32-45)52-53-50(39-20-9-3-10-21-39)36-51(54-52)40-22-11-4-12-23-40/h1-36H. The molecule has 0 bridgehead atoms. The van der Waals surface area contributed by atoms with Crippen LogP contribution in [0.15, 0.2) is 218 Å². The van der Waals surface area contributed by atoms with Crippen LogP contribution in [-0.4, -0.2) is 9.97 Å². The highest BCUT2D eigenvalue weighted by atomic mass is 14.9. The Morgan fingerprint density at radius 1 is 0.185 bits per heavy atom. The molecule has 1 heterocycles. The van der Waals surface area contributed by atoms with E-state index in [0.717, 1.165) is 50.3 Å². The van der Waals surface area contributed by atoms with Gasteiger partial charge < -0.3 is 0 Å². The molecular formula is C52H36N2. The first kappa shape index (κ1) is 32.7. The van der Waals surface area contributed by atoms with E-state index in [0.29, 0.717) is 5.82 Å². The molecule has 0 amide bonds. The summed E-state index contributed by atoms with van der Waals surface area (Å²) in [5.74, 6) is 0.694. The van der Waals surface area contributed by atoms with E-state index in [1.807, 2.05) is 12.1 Å². The van der Waals surface area contributed by atoms with Gasteiger partial charge in [-0.3, -0.25) is 0 Å². The summed E-state index contributed by atoms with van der Waals surface area (Å²) in [6.45, 7) is 0. The van der Waals surface area contributed by atoms with Crippen LogP contribution < -0.4 is 0 Å². The first-order chi connectivity index (χ1) is 26.7. The molecule has 0 saturated carbocycles. The average Bonchev–Trinajstić information content (AvgIpc) is 3.27. The van der Waals surface area contributed by atoms with Crippen molar-refractivity contribution in [1.29, 1.82) is 0 Å². The van der Waals surface area contributed by atoms with Gasteiger partial charge in [-0.2, -0.15) is 0 Å². The normalized spacial score (nSPS) is 11.0. The molecule has 0 saturated heterocycles. The van der Waals surface area contributed by atoms with Crippen molar-refractivity contribution in [3.05, 3.63) is 218 Å². The molecule has 0 radical (unpaired) electrons. The van der Waals surface area contributed by atoms with E-state index in [1.54, 1.807) is 0 Å². The van der Waals surface area contributed by atoms with Crippen molar-refractivity contribution >= 4 is 0 Å². The quantitative estimate of drug-likeness (QED) is 0.159. The minimum Gasteiger partial charge on any atom is -0.228 e. The van der Waals surface area contributed by atoms with Gasteiger partial charge in [0.2, 0.25) is 0 Å². The van der Waals surface area contributed by atoms with E-state index in [2.05, 4.69) is 206 Å². The second-order valence-electron chi connectivity index (χ2n) is 13.5. The number of aromatic nitrogens is 2. The SMILES string of the molecule is c1ccc(-c2cccc(-c3cc(-c4cccc(-c5ccccc5)c4)cc(-c4cccc(-c5nc(-c6ccccc6)cc(-c6ccccc6)n5)c4)c3)c2)cc1. The number of nitrogens with zero attached hydrogens (tertiary/aromatic N) is 2. The number of hydrogen-bond acceptors (Lipinski definition) is 2. The molecule has 2 heteroatoms. The van der Waals surface area contributed by atoms with E-state index < -0.39 is 0 Å². The van der Waals surface area contributed by atoms with Crippen LogP contribution in [0.4, 0.5) is 0 Å². The van der Waals surface area contributed by atoms with Crippen LogP contribution >= 0.6 is 0 Å². The van der Waals surface area contributed by atoms with E-state index in [-0.39, 0.29) is 0 Å². The second-order valence-corrected chi connectivity index (χ2v) is 13.5. The fourth-order valence-corrected chi connectivity index (χ4v) is 7.07. The molecule has 0 spiro atoms. The van der Waals surface area contributed by atoms with Crippen molar-refractivity contribution in [2.75, 3.05) is 0 Å². The maximum atomic E-state index is 5.13. The van der Waals surface area contributed by atoms with E-state index in [4.69, 9.17) is 9.97 Å². The molecule has 0 N–H and O–H groups in total. The van der Waals surface area contributed by atoms with Crippen LogP contribution in [0.25, 0.3) is 89.5 Å². The Morgan fingerprint density at radius 3 is 0.815 bits per heavy atom. The van der Waals surface area contributed by atoms with Gasteiger partial charge in [-0.25, -0.2) is 9.97 Å². The minimum absolute atomic E-state index is 0.694. The summed E-state index contributed by atoms with van der Waals surface area (Å²) in [6, 6.07) is 77.2. The zero-order valence-corrected chi connectivity index (χ0v) is 29.7. The zero-order chi connectivity index (χ0) is 36.1. The van der Waals surface area contributed by atoms with Gasteiger partial charge in [0.25, 0.3) is 0 Å². The Hall–Kier alpha value is -7.16. The van der Waals surface area contributed by atoms with Gasteiger partial charge >= 0.3 is 0 Å². The summed E-state index contributed by atoms with van der Waals surface area (Å²) in [5, 5.41) is 0. The predicted molar refractivity (Wildman–Crippen MR) is 226 cm³/mol. The first-order valence-electron chi connectivity index (χ1n) is 18.3. The monoisotopic (exact) mass is 688 g/mol. The van der Waals surface area contributed by atoms with Crippen molar-refractivity contribution < 1.29 is 0 Å². The maximum absolute atomic E-state index is 5.13. The molecule has 0 aliphatic carbocycles.